The van der Waals surface area contributed by atoms with Crippen LogP contribution in [0, 0.1) is 6.92 Å². The maximum absolute atomic E-state index is 10.6. The zero-order valence-electron chi connectivity index (χ0n) is 17.2. The van der Waals surface area contributed by atoms with Gasteiger partial charge in [0.25, 0.3) is 0 Å². The maximum Gasteiger partial charge on any atom is 0.183 e. The summed E-state index contributed by atoms with van der Waals surface area (Å²) in [6.45, 7) is 5.02. The minimum atomic E-state index is -1.04. The number of hydrogen-bond acceptors (Lipinski definition) is 5. The molecule has 0 saturated carbocycles. The predicted octanol–water partition coefficient (Wildman–Crippen LogP) is 3.96. The van der Waals surface area contributed by atoms with Crippen molar-refractivity contribution >= 4 is 27.5 Å². The van der Waals surface area contributed by atoms with E-state index in [0.29, 0.717) is 18.8 Å². The Balaban J connectivity index is 1.79. The minimum absolute atomic E-state index is 0.679. The van der Waals surface area contributed by atoms with Crippen molar-refractivity contribution in [3.05, 3.63) is 66.0 Å². The summed E-state index contributed by atoms with van der Waals surface area (Å²) in [5, 5.41) is 12.9. The molecule has 1 saturated heterocycles. The van der Waals surface area contributed by atoms with Gasteiger partial charge in [0.05, 0.1) is 29.9 Å². The van der Waals surface area contributed by atoms with Crippen molar-refractivity contribution < 1.29 is 14.6 Å². The first-order chi connectivity index (χ1) is 14.7. The van der Waals surface area contributed by atoms with Crippen LogP contribution in [-0.2, 0) is 9.47 Å². The van der Waals surface area contributed by atoms with Gasteiger partial charge in [0.1, 0.15) is 5.82 Å². The van der Waals surface area contributed by atoms with E-state index in [1.165, 1.54) is 12.5 Å². The number of aryl methyl sites for hydroxylation is 1. The fraction of sp³-hybridized carbons (Fsp3) is 0.292. The van der Waals surface area contributed by atoms with Gasteiger partial charge < -0.3 is 19.5 Å². The molecule has 1 atom stereocenters. The number of benzene rings is 3. The highest BCUT2D eigenvalue weighted by Crippen LogP contribution is 2.34. The lowest BCUT2D eigenvalue weighted by molar-refractivity contribution is -0.0759. The number of aromatic nitrogens is 2. The lowest BCUT2D eigenvalue weighted by Crippen LogP contribution is -2.36. The Morgan fingerprint density at radius 2 is 1.83 bits per heavy atom. The number of methoxy groups -OCH3 is 1. The molecule has 0 amide bonds. The van der Waals surface area contributed by atoms with Crippen LogP contribution in [0.15, 0.2) is 54.6 Å². The molecule has 1 unspecified atom stereocenters. The summed E-state index contributed by atoms with van der Waals surface area (Å²) in [6.07, 6.45) is -1.04. The van der Waals surface area contributed by atoms with Crippen molar-refractivity contribution in [3.8, 4) is 5.69 Å². The van der Waals surface area contributed by atoms with Crippen LogP contribution in [0.25, 0.3) is 27.5 Å². The Morgan fingerprint density at radius 1 is 1.07 bits per heavy atom. The van der Waals surface area contributed by atoms with Crippen LogP contribution in [0.3, 0.4) is 0 Å². The van der Waals surface area contributed by atoms with Crippen molar-refractivity contribution in [2.75, 3.05) is 38.3 Å². The SMILES string of the molecule is COC(O)c1cc(N2CCOCC2)cc2c1nc(C)n2-c1cccc2ccccc12. The molecule has 1 fully saturated rings. The minimum Gasteiger partial charge on any atom is -0.378 e. The van der Waals surface area contributed by atoms with E-state index >= 15 is 0 Å². The van der Waals surface area contributed by atoms with Crippen LogP contribution in [0.1, 0.15) is 17.7 Å². The third kappa shape index (κ3) is 3.13. The molecule has 0 spiro atoms. The first-order valence-corrected chi connectivity index (χ1v) is 10.2. The summed E-state index contributed by atoms with van der Waals surface area (Å²) in [4.78, 5) is 7.11. The van der Waals surface area contributed by atoms with Gasteiger partial charge in [-0.3, -0.25) is 4.57 Å². The van der Waals surface area contributed by atoms with Crippen molar-refractivity contribution in [2.45, 2.75) is 13.2 Å². The third-order valence-electron chi connectivity index (χ3n) is 5.82. The van der Waals surface area contributed by atoms with Gasteiger partial charge in [0.15, 0.2) is 6.29 Å². The molecule has 0 radical (unpaired) electrons. The number of anilines is 1. The standard InChI is InChI=1S/C24H25N3O3/c1-16-25-23-20(24(28)29-2)14-18(26-10-12-30-13-11-26)15-22(23)27(16)21-9-5-7-17-6-3-4-8-19(17)21/h3-9,14-15,24,28H,10-13H2,1-2H3. The molecule has 4 aromatic rings. The summed E-state index contributed by atoms with van der Waals surface area (Å²) in [5.41, 5.74) is 4.51. The molecule has 1 aliphatic rings. The molecule has 1 aliphatic heterocycles. The number of imidazole rings is 1. The average Bonchev–Trinajstić information content (AvgIpc) is 3.13. The number of morpholine rings is 1. The lowest BCUT2D eigenvalue weighted by Gasteiger charge is -2.29. The Labute approximate surface area is 175 Å². The Kier molecular flexibility index (Phi) is 4.90. The summed E-state index contributed by atoms with van der Waals surface area (Å²) < 4.78 is 13.0. The van der Waals surface area contributed by atoms with E-state index in [1.54, 1.807) is 0 Å². The molecule has 30 heavy (non-hydrogen) atoms. The van der Waals surface area contributed by atoms with Gasteiger partial charge in [-0.15, -0.1) is 0 Å². The van der Waals surface area contributed by atoms with Crippen LogP contribution >= 0.6 is 0 Å². The van der Waals surface area contributed by atoms with Gasteiger partial charge in [-0.25, -0.2) is 4.98 Å². The molecule has 3 aromatic carbocycles. The van der Waals surface area contributed by atoms with E-state index < -0.39 is 6.29 Å². The van der Waals surface area contributed by atoms with E-state index in [1.807, 2.05) is 13.0 Å². The number of aliphatic hydroxyl groups excluding tert-OH is 1. The van der Waals surface area contributed by atoms with Crippen molar-refractivity contribution in [1.82, 2.24) is 9.55 Å². The molecule has 0 bridgehead atoms. The average molecular weight is 403 g/mol. The van der Waals surface area contributed by atoms with E-state index in [9.17, 15) is 5.11 Å². The maximum atomic E-state index is 10.6. The summed E-state index contributed by atoms with van der Waals surface area (Å²) in [5.74, 6) is 0.866. The summed E-state index contributed by atoms with van der Waals surface area (Å²) in [6, 6.07) is 18.8. The highest BCUT2D eigenvalue weighted by Gasteiger charge is 2.22. The molecule has 0 aliphatic carbocycles. The Hall–Kier alpha value is -2.93. The largest absolute Gasteiger partial charge is 0.378 e. The van der Waals surface area contributed by atoms with Crippen LogP contribution < -0.4 is 4.90 Å². The highest BCUT2D eigenvalue weighted by atomic mass is 16.6. The second-order valence-corrected chi connectivity index (χ2v) is 7.58. The van der Waals surface area contributed by atoms with Crippen molar-refractivity contribution in [2.24, 2.45) is 0 Å². The van der Waals surface area contributed by atoms with Crippen LogP contribution in [0.5, 0.6) is 0 Å². The quantitative estimate of drug-likeness (QED) is 0.523. The first kappa shape index (κ1) is 19.1. The molecule has 6 nitrogen and oxygen atoms in total. The molecule has 154 valence electrons. The Bertz CT molecular complexity index is 1210. The van der Waals surface area contributed by atoms with E-state index in [0.717, 1.165) is 46.7 Å². The summed E-state index contributed by atoms with van der Waals surface area (Å²) >= 11 is 0. The normalized spacial score (nSPS) is 15.8. The van der Waals surface area contributed by atoms with Gasteiger partial charge in [-0.2, -0.15) is 0 Å². The van der Waals surface area contributed by atoms with E-state index in [2.05, 4.69) is 58.0 Å². The Morgan fingerprint density at radius 3 is 2.63 bits per heavy atom. The first-order valence-electron chi connectivity index (χ1n) is 10.2. The van der Waals surface area contributed by atoms with Gasteiger partial charge >= 0.3 is 0 Å². The highest BCUT2D eigenvalue weighted by molar-refractivity contribution is 5.94. The molecule has 1 aromatic heterocycles. The fourth-order valence-electron chi connectivity index (χ4n) is 4.33. The summed E-state index contributed by atoms with van der Waals surface area (Å²) in [7, 11) is 1.51. The number of hydrogen-bond donors (Lipinski definition) is 1. The van der Waals surface area contributed by atoms with Gasteiger partial charge in [-0.05, 0) is 30.5 Å². The van der Waals surface area contributed by atoms with Crippen LogP contribution in [-0.4, -0.2) is 48.1 Å². The van der Waals surface area contributed by atoms with E-state index in [-0.39, 0.29) is 0 Å². The number of fused-ring (bicyclic) bond motifs is 2. The number of nitrogens with zero attached hydrogens (tertiary/aromatic N) is 3. The van der Waals surface area contributed by atoms with Crippen molar-refractivity contribution in [1.29, 1.82) is 0 Å². The second kappa shape index (κ2) is 7.72. The predicted molar refractivity (Wildman–Crippen MR) is 118 cm³/mol. The van der Waals surface area contributed by atoms with Gasteiger partial charge in [0, 0.05) is 36.8 Å². The smallest absolute Gasteiger partial charge is 0.183 e. The fourth-order valence-corrected chi connectivity index (χ4v) is 4.33. The van der Waals surface area contributed by atoms with E-state index in [4.69, 9.17) is 14.5 Å². The molecule has 5 rings (SSSR count). The monoisotopic (exact) mass is 403 g/mol. The van der Waals surface area contributed by atoms with Gasteiger partial charge in [0.2, 0.25) is 0 Å². The van der Waals surface area contributed by atoms with Crippen molar-refractivity contribution in [3.63, 3.8) is 0 Å². The van der Waals surface area contributed by atoms with Crippen LogP contribution in [0.2, 0.25) is 0 Å². The molecule has 2 heterocycles. The zero-order chi connectivity index (χ0) is 20.7. The number of aliphatic hydroxyl groups is 1. The zero-order valence-corrected chi connectivity index (χ0v) is 17.2. The molecular formula is C24H25N3O3. The molecular weight excluding hydrogens is 378 g/mol. The van der Waals surface area contributed by atoms with Gasteiger partial charge in [-0.1, -0.05) is 36.4 Å². The number of rotatable bonds is 4. The lowest BCUT2D eigenvalue weighted by atomic mass is 10.1. The molecule has 6 heteroatoms. The van der Waals surface area contributed by atoms with Crippen LogP contribution in [0.4, 0.5) is 5.69 Å². The molecule has 1 N–H and O–H groups in total. The third-order valence-corrected chi connectivity index (χ3v) is 5.82. The second-order valence-electron chi connectivity index (χ2n) is 7.58. The topological polar surface area (TPSA) is 59.8 Å². The number of ether oxygens (including phenoxy) is 2.